The van der Waals surface area contributed by atoms with E-state index in [2.05, 4.69) is 2.84 Å². The first-order valence-electron chi connectivity index (χ1n) is 1.37. The van der Waals surface area contributed by atoms with E-state index in [1.807, 2.05) is 0 Å². The molecule has 0 saturated carbocycles. The predicted octanol–water partition coefficient (Wildman–Crippen LogP) is -1.67. The van der Waals surface area contributed by atoms with Gasteiger partial charge in [-0.05, 0) is 0 Å². The molecule has 63 valence electrons. The van der Waals surface area contributed by atoms with Gasteiger partial charge in [0.15, 0.2) is 0 Å². The fourth-order valence-corrected chi connectivity index (χ4v) is 1.85. The topological polar surface area (TPSA) is 118 Å². The summed E-state index contributed by atoms with van der Waals surface area (Å²) in [5.74, 6) is 0. The average Bonchev–Trinajstić information content (AvgIpc) is 1.14. The normalized spacial score (nSPS) is 12.2. The summed E-state index contributed by atoms with van der Waals surface area (Å²) in [7, 11) is 0. The van der Waals surface area contributed by atoms with Crippen LogP contribution in [0.25, 0.3) is 0 Å². The quantitative estimate of drug-likeness (QED) is 0.577. The van der Waals surface area contributed by atoms with E-state index in [-0.39, 0.29) is 17.1 Å². The Labute approximate surface area is 70.6 Å². The van der Waals surface area contributed by atoms with Gasteiger partial charge in [-0.1, -0.05) is 0 Å². The second kappa shape index (κ2) is 3.89. The fraction of sp³-hybridized carbons (Fsp3) is 0. The van der Waals surface area contributed by atoms with E-state index >= 15 is 0 Å². The summed E-state index contributed by atoms with van der Waals surface area (Å²) in [6.45, 7) is 0. The van der Waals surface area contributed by atoms with Gasteiger partial charge in [0.2, 0.25) is 0 Å². The molecule has 0 aromatic heterocycles. The van der Waals surface area contributed by atoms with Crippen molar-refractivity contribution in [3.05, 3.63) is 0 Å². The molecule has 0 aromatic rings. The van der Waals surface area contributed by atoms with E-state index in [9.17, 15) is 15.2 Å². The summed E-state index contributed by atoms with van der Waals surface area (Å²) in [5.41, 5.74) is 0. The Morgan fingerprint density at radius 1 is 0.900 bits per heavy atom. The minimum atomic E-state index is -5.76. The molecule has 0 aromatic carbocycles. The molecule has 0 unspecified atom stereocenters. The van der Waals surface area contributed by atoms with E-state index in [1.54, 1.807) is 0 Å². The van der Waals surface area contributed by atoms with Crippen LogP contribution in [-0.2, 0) is 62.3 Å². The second-order valence-corrected chi connectivity index (χ2v) is 4.68. The van der Waals surface area contributed by atoms with E-state index in [4.69, 9.17) is 8.32 Å². The molecule has 7 nitrogen and oxygen atoms in total. The molecular weight excluding hydrogens is 271 g/mol. The molecule has 2 N–H and O–H groups in total. The van der Waals surface area contributed by atoms with Crippen LogP contribution in [0.4, 0.5) is 0 Å². The predicted molar refractivity (Wildman–Crippen MR) is 8.27 cm³/mol. The first kappa shape index (κ1) is 13.3. The van der Waals surface area contributed by atoms with Gasteiger partial charge in [-0.3, -0.25) is 0 Å². The summed E-state index contributed by atoms with van der Waals surface area (Å²) >= 11 is -11.5. The van der Waals surface area contributed by atoms with Crippen molar-refractivity contribution in [3.63, 3.8) is 0 Å². The van der Waals surface area contributed by atoms with Crippen molar-refractivity contribution >= 4 is 0 Å². The van der Waals surface area contributed by atoms with E-state index in [1.165, 1.54) is 0 Å². The van der Waals surface area contributed by atoms with E-state index in [0.29, 0.717) is 0 Å². The summed E-state index contributed by atoms with van der Waals surface area (Å²) in [6, 6.07) is 0. The van der Waals surface area contributed by atoms with Crippen LogP contribution in [0.15, 0.2) is 0 Å². The molecule has 10 heteroatoms. The van der Waals surface area contributed by atoms with Crippen LogP contribution >= 0.6 is 0 Å². The molecule has 0 aliphatic heterocycles. The van der Waals surface area contributed by atoms with Crippen LogP contribution in [0.2, 0.25) is 0 Å². The summed E-state index contributed by atoms with van der Waals surface area (Å²) in [4.78, 5) is 0. The van der Waals surface area contributed by atoms with E-state index in [0.717, 1.165) is 0 Å². The molecule has 1 radical (unpaired) electrons. The van der Waals surface area contributed by atoms with Gasteiger partial charge in [0.05, 0.1) is 0 Å². The Kier molecular flexibility index (Phi) is 5.16. The van der Waals surface area contributed by atoms with Crippen molar-refractivity contribution in [2.24, 2.45) is 0 Å². The van der Waals surface area contributed by atoms with Crippen LogP contribution in [0.5, 0.6) is 0 Å². The van der Waals surface area contributed by atoms with Crippen molar-refractivity contribution < 1.29 is 70.7 Å². The summed E-state index contributed by atoms with van der Waals surface area (Å²) < 4.78 is 56.3. The number of hydrogen-bond donors (Lipinski definition) is 2. The third kappa shape index (κ3) is 11.5. The van der Waals surface area contributed by atoms with Crippen molar-refractivity contribution in [1.82, 2.24) is 0 Å². The molecular formula is H2Cr2MnO7. The Hall–Kier alpha value is 0.664. The maximum atomic E-state index is 9.53. The van der Waals surface area contributed by atoms with Crippen molar-refractivity contribution in [2.45, 2.75) is 0 Å². The maximum absolute atomic E-state index is 9.53. The van der Waals surface area contributed by atoms with Crippen LogP contribution in [-0.4, -0.2) is 8.32 Å². The van der Waals surface area contributed by atoms with Crippen molar-refractivity contribution in [3.8, 4) is 0 Å². The first-order valence-corrected chi connectivity index (χ1v) is 5.63. The Bertz CT molecular complexity index is 237. The molecule has 0 atom stereocenters. The summed E-state index contributed by atoms with van der Waals surface area (Å²) in [6.07, 6.45) is 0. The van der Waals surface area contributed by atoms with Gasteiger partial charge in [0, 0.05) is 17.1 Å². The zero-order valence-corrected chi connectivity index (χ0v) is 7.86. The Balaban J connectivity index is 0. The van der Waals surface area contributed by atoms with Gasteiger partial charge in [-0.15, -0.1) is 0 Å². The standard InChI is InChI=1S/2Cr.Mn.2H2O.5O/h;;;2*1H2;;;;;/q2*+1;;;;;;;;/p-2. The zero-order chi connectivity index (χ0) is 7.71. The molecule has 0 saturated heterocycles. The van der Waals surface area contributed by atoms with Gasteiger partial charge in [0.1, 0.15) is 0 Å². The summed E-state index contributed by atoms with van der Waals surface area (Å²) in [5, 5.41) is 0. The average molecular weight is 273 g/mol. The molecule has 10 heavy (non-hydrogen) atoms. The Morgan fingerprint density at radius 2 is 1.10 bits per heavy atom. The molecule has 0 spiro atoms. The molecule has 0 heterocycles. The van der Waals surface area contributed by atoms with Crippen LogP contribution in [0.3, 0.4) is 0 Å². The van der Waals surface area contributed by atoms with Crippen LogP contribution in [0.1, 0.15) is 0 Å². The monoisotopic (exact) mass is 273 g/mol. The molecule has 0 bridgehead atoms. The first-order chi connectivity index (χ1) is 3.71. The van der Waals surface area contributed by atoms with Gasteiger partial charge >= 0.3 is 53.6 Å². The molecule has 0 amide bonds. The second-order valence-electron chi connectivity index (χ2n) is 0.924. The molecule has 0 rings (SSSR count). The van der Waals surface area contributed by atoms with Crippen molar-refractivity contribution in [2.75, 3.05) is 0 Å². The van der Waals surface area contributed by atoms with Gasteiger partial charge in [0.25, 0.3) is 0 Å². The SMILES string of the molecule is [Mn].[O]=[Cr](=[O])([OH])[O][Cr](=[O])(=[O])[OH]. The Morgan fingerprint density at radius 3 is 1.10 bits per heavy atom. The number of rotatable bonds is 2. The zero-order valence-electron chi connectivity index (χ0n) is 4.13. The van der Waals surface area contributed by atoms with Gasteiger partial charge < -0.3 is 0 Å². The number of hydrogen-bond acceptors (Lipinski definition) is 5. The fourth-order valence-electron chi connectivity index (χ4n) is 0.109. The third-order valence-corrected chi connectivity index (χ3v) is 2.92. The van der Waals surface area contributed by atoms with Crippen LogP contribution < -0.4 is 0 Å². The minimum absolute atomic E-state index is 0. The van der Waals surface area contributed by atoms with Crippen molar-refractivity contribution in [1.29, 1.82) is 0 Å². The molecule has 0 fully saturated rings. The van der Waals surface area contributed by atoms with Gasteiger partial charge in [-0.25, -0.2) is 0 Å². The van der Waals surface area contributed by atoms with Gasteiger partial charge in [-0.2, -0.15) is 0 Å². The molecule has 0 aliphatic rings. The third-order valence-electron chi connectivity index (χ3n) is 0.172. The van der Waals surface area contributed by atoms with E-state index < -0.39 is 27.2 Å². The molecule has 0 aliphatic carbocycles. The van der Waals surface area contributed by atoms with Crippen LogP contribution in [0, 0.1) is 0 Å².